The number of rotatable bonds is 6. The van der Waals surface area contributed by atoms with Crippen LogP contribution in [0.25, 0.3) is 11.5 Å². The molecule has 0 aliphatic carbocycles. The monoisotopic (exact) mass is 442 g/mol. The smallest absolute Gasteiger partial charge is 0.297 e. The van der Waals surface area contributed by atoms with Gasteiger partial charge in [0.05, 0.1) is 11.9 Å². The van der Waals surface area contributed by atoms with E-state index in [0.717, 1.165) is 44.1 Å². The number of benzene rings is 1. The van der Waals surface area contributed by atoms with Crippen molar-refractivity contribution in [1.82, 2.24) is 20.3 Å². The number of hydrogen-bond acceptors (Lipinski definition) is 9. The number of likely N-dealkylation sites (N-methyl/N-ethyl adjacent to an activating group) is 1. The third kappa shape index (κ3) is 4.39. The number of carbonyl (C=O) groups excluding carboxylic acids is 1. The van der Waals surface area contributed by atoms with Gasteiger partial charge in [0.2, 0.25) is 11.8 Å². The summed E-state index contributed by atoms with van der Waals surface area (Å²) in [4.78, 5) is 25.0. The van der Waals surface area contributed by atoms with E-state index in [4.69, 9.17) is 9.95 Å². The minimum atomic E-state index is -0.895. The fraction of sp³-hybridized carbons (Fsp3) is 0.250. The summed E-state index contributed by atoms with van der Waals surface area (Å²) in [5.41, 5.74) is 8.38. The van der Waals surface area contributed by atoms with Gasteiger partial charge in [0.1, 0.15) is 23.0 Å². The highest BCUT2D eigenvalue weighted by molar-refractivity contribution is 5.97. The number of nitrogens with one attached hydrogen (secondary N) is 3. The van der Waals surface area contributed by atoms with Gasteiger partial charge in [0, 0.05) is 26.2 Å². The summed E-state index contributed by atoms with van der Waals surface area (Å²) in [5.74, 6) is -2.46. The lowest BCUT2D eigenvalue weighted by Gasteiger charge is -2.33. The van der Waals surface area contributed by atoms with Gasteiger partial charge in [-0.25, -0.2) is 24.2 Å². The van der Waals surface area contributed by atoms with Crippen molar-refractivity contribution in [3.05, 3.63) is 53.9 Å². The van der Waals surface area contributed by atoms with Gasteiger partial charge in [0.15, 0.2) is 5.69 Å². The quantitative estimate of drug-likeness (QED) is 0.396. The summed E-state index contributed by atoms with van der Waals surface area (Å²) in [6.45, 7) is 3.59. The third-order valence-corrected chi connectivity index (χ3v) is 5.01. The highest BCUT2D eigenvalue weighted by Gasteiger charge is 2.25. The van der Waals surface area contributed by atoms with Crippen LogP contribution in [0.4, 0.5) is 26.2 Å². The molecule has 2 aromatic heterocycles. The Hall–Kier alpha value is -3.93. The van der Waals surface area contributed by atoms with E-state index in [2.05, 4.69) is 37.4 Å². The number of anilines is 3. The highest BCUT2D eigenvalue weighted by atomic mass is 19.1. The van der Waals surface area contributed by atoms with Crippen LogP contribution in [-0.4, -0.2) is 54.0 Å². The maximum Gasteiger partial charge on any atom is 0.297 e. The number of amides is 1. The summed E-state index contributed by atoms with van der Waals surface area (Å²) < 4.78 is 33.8. The largest absolute Gasteiger partial charge is 0.419 e. The second-order valence-electron chi connectivity index (χ2n) is 7.17. The summed E-state index contributed by atoms with van der Waals surface area (Å²) in [6.07, 6.45) is 1.55. The lowest BCUT2D eigenvalue weighted by atomic mass is 10.2. The van der Waals surface area contributed by atoms with Crippen molar-refractivity contribution in [3.8, 4) is 11.5 Å². The Kier molecular flexibility index (Phi) is 6.03. The molecular formula is C20H20F2N8O2. The molecule has 1 amide bonds. The fourth-order valence-corrected chi connectivity index (χ4v) is 3.29. The van der Waals surface area contributed by atoms with Crippen LogP contribution < -0.4 is 15.6 Å². The van der Waals surface area contributed by atoms with Crippen molar-refractivity contribution >= 4 is 23.3 Å². The van der Waals surface area contributed by atoms with Gasteiger partial charge in [-0.05, 0) is 31.3 Å². The number of nitrogens with zero attached hydrogens (tertiary/aromatic N) is 5. The van der Waals surface area contributed by atoms with E-state index in [1.165, 1.54) is 6.07 Å². The second kappa shape index (κ2) is 9.06. The van der Waals surface area contributed by atoms with Crippen LogP contribution in [-0.2, 0) is 0 Å². The maximum absolute atomic E-state index is 14.2. The number of oxazole rings is 1. The predicted molar refractivity (Wildman–Crippen MR) is 112 cm³/mol. The molecule has 12 heteroatoms. The molecule has 32 heavy (non-hydrogen) atoms. The Balaban J connectivity index is 1.61. The molecule has 1 aliphatic heterocycles. The summed E-state index contributed by atoms with van der Waals surface area (Å²) in [6, 6.07) is 6.87. The highest BCUT2D eigenvalue weighted by Crippen LogP contribution is 2.31. The van der Waals surface area contributed by atoms with E-state index in [1.807, 2.05) is 11.5 Å². The SMILES string of the molecule is CN1CCN(c2ccc(Nc3oc(-c4c(F)cccc4F)nc3C(=O)NN=N)cn2)CC1. The van der Waals surface area contributed by atoms with Gasteiger partial charge in [-0.2, -0.15) is 5.53 Å². The average Bonchev–Trinajstić information content (AvgIpc) is 3.18. The lowest BCUT2D eigenvalue weighted by molar-refractivity contribution is 0.0946. The molecule has 0 unspecified atom stereocenters. The molecule has 0 bridgehead atoms. The van der Waals surface area contributed by atoms with Gasteiger partial charge >= 0.3 is 0 Å². The normalized spacial score (nSPS) is 14.3. The molecule has 1 aliphatic rings. The van der Waals surface area contributed by atoms with Crippen molar-refractivity contribution in [2.45, 2.75) is 0 Å². The zero-order valence-electron chi connectivity index (χ0n) is 17.1. The molecule has 4 rings (SSSR count). The van der Waals surface area contributed by atoms with Crippen LogP contribution in [0, 0.1) is 17.2 Å². The van der Waals surface area contributed by atoms with Crippen molar-refractivity contribution < 1.29 is 18.0 Å². The van der Waals surface area contributed by atoms with Crippen molar-refractivity contribution in [1.29, 1.82) is 5.53 Å². The number of pyridine rings is 1. The minimum Gasteiger partial charge on any atom is -0.419 e. The summed E-state index contributed by atoms with van der Waals surface area (Å²) in [7, 11) is 2.07. The van der Waals surface area contributed by atoms with Crippen LogP contribution in [0.3, 0.4) is 0 Å². The van der Waals surface area contributed by atoms with E-state index in [1.54, 1.807) is 12.3 Å². The fourth-order valence-electron chi connectivity index (χ4n) is 3.29. The van der Waals surface area contributed by atoms with Crippen LogP contribution in [0.15, 0.2) is 46.2 Å². The molecule has 1 saturated heterocycles. The first-order valence-corrected chi connectivity index (χ1v) is 9.75. The number of piperazine rings is 1. The average molecular weight is 442 g/mol. The Morgan fingerprint density at radius 1 is 1.16 bits per heavy atom. The molecule has 10 nitrogen and oxygen atoms in total. The Morgan fingerprint density at radius 3 is 2.50 bits per heavy atom. The number of halogens is 2. The summed E-state index contributed by atoms with van der Waals surface area (Å²) >= 11 is 0. The second-order valence-corrected chi connectivity index (χ2v) is 7.17. The van der Waals surface area contributed by atoms with Crippen LogP contribution in [0.2, 0.25) is 0 Å². The van der Waals surface area contributed by atoms with E-state index in [-0.39, 0.29) is 11.6 Å². The first-order chi connectivity index (χ1) is 15.5. The molecule has 0 atom stereocenters. The first-order valence-electron chi connectivity index (χ1n) is 9.75. The molecule has 1 aromatic carbocycles. The van der Waals surface area contributed by atoms with Crippen LogP contribution in [0.5, 0.6) is 0 Å². The number of aromatic nitrogens is 2. The topological polar surface area (TPSA) is 123 Å². The molecule has 3 aromatic rings. The van der Waals surface area contributed by atoms with Crippen molar-refractivity contribution in [2.75, 3.05) is 43.4 Å². The van der Waals surface area contributed by atoms with Crippen LogP contribution >= 0.6 is 0 Å². The summed E-state index contributed by atoms with van der Waals surface area (Å²) in [5, 5.41) is 5.67. The standard InChI is InChI=1S/C20H20F2N8O2/c1-29-7-9-30(10-8-29)15-6-5-12(11-24-15)25-20-17(18(31)27-28-23)26-19(32-20)16-13(21)3-2-4-14(16)22/h2-6,11,25H,7-10H2,1H3,(H2,23,27,31). The molecule has 166 valence electrons. The molecule has 0 saturated carbocycles. The molecule has 1 fully saturated rings. The minimum absolute atomic E-state index is 0.169. The van der Waals surface area contributed by atoms with Crippen molar-refractivity contribution in [2.24, 2.45) is 5.22 Å². The van der Waals surface area contributed by atoms with Gasteiger partial charge in [-0.3, -0.25) is 4.79 Å². The van der Waals surface area contributed by atoms with Gasteiger partial charge in [-0.15, -0.1) is 0 Å². The lowest BCUT2D eigenvalue weighted by Crippen LogP contribution is -2.44. The zero-order valence-corrected chi connectivity index (χ0v) is 17.1. The van der Waals surface area contributed by atoms with E-state index in [0.29, 0.717) is 5.69 Å². The van der Waals surface area contributed by atoms with Gasteiger partial charge in [0.25, 0.3) is 5.91 Å². The Bertz CT molecular complexity index is 1110. The molecule has 0 radical (unpaired) electrons. The van der Waals surface area contributed by atoms with Crippen molar-refractivity contribution in [3.63, 3.8) is 0 Å². The van der Waals surface area contributed by atoms with Crippen LogP contribution in [0.1, 0.15) is 10.5 Å². The number of carbonyl (C=O) groups is 1. The third-order valence-electron chi connectivity index (χ3n) is 5.01. The molecule has 0 spiro atoms. The van der Waals surface area contributed by atoms with E-state index >= 15 is 0 Å². The van der Waals surface area contributed by atoms with E-state index in [9.17, 15) is 13.6 Å². The molecule has 3 heterocycles. The van der Waals surface area contributed by atoms with Gasteiger partial charge < -0.3 is 19.5 Å². The Labute approximate surface area is 181 Å². The van der Waals surface area contributed by atoms with E-state index < -0.39 is 29.0 Å². The Morgan fingerprint density at radius 2 is 1.88 bits per heavy atom. The zero-order chi connectivity index (χ0) is 22.7. The molecule has 3 N–H and O–H groups in total. The van der Waals surface area contributed by atoms with Gasteiger partial charge in [-0.1, -0.05) is 11.3 Å². The predicted octanol–water partition coefficient (Wildman–Crippen LogP) is 3.19. The molecular weight excluding hydrogens is 422 g/mol. The first kappa shape index (κ1) is 21.3. The number of hydrogen-bond donors (Lipinski definition) is 3. The maximum atomic E-state index is 14.2.